The largest absolute Gasteiger partial charge is 0.496 e. The molecule has 0 aromatic heterocycles. The second-order valence-electron chi connectivity index (χ2n) is 6.84. The Kier molecular flexibility index (Phi) is 8.88. The summed E-state index contributed by atoms with van der Waals surface area (Å²) >= 11 is 0. The Morgan fingerprint density at radius 2 is 1.86 bits per heavy atom. The summed E-state index contributed by atoms with van der Waals surface area (Å²) in [7, 11) is -0.655. The van der Waals surface area contributed by atoms with Crippen molar-refractivity contribution in [3.63, 3.8) is 0 Å². The van der Waals surface area contributed by atoms with Crippen molar-refractivity contribution in [1.29, 1.82) is 0 Å². The summed E-state index contributed by atoms with van der Waals surface area (Å²) in [5.74, 6) is 0.0935. The minimum Gasteiger partial charge on any atom is -0.496 e. The van der Waals surface area contributed by atoms with Crippen molar-refractivity contribution in [2.45, 2.75) is 37.6 Å². The number of sulfonamides is 1. The third kappa shape index (κ3) is 5.48. The third-order valence-corrected chi connectivity index (χ3v) is 7.08. The molecule has 8 nitrogen and oxygen atoms in total. The molecule has 1 heterocycles. The standard InChI is InChI=1S/C20H32N2O6S/c1-5-16(6-2)22(11-12-26-3)20(23)18-15-17(7-8-19(18)27-4)29(24,25)21-9-13-28-14-10-21/h7-8,15-16H,5-6,9-14H2,1-4H3. The van der Waals surface area contributed by atoms with E-state index in [-0.39, 0.29) is 22.4 Å². The second-order valence-corrected chi connectivity index (χ2v) is 8.78. The summed E-state index contributed by atoms with van der Waals surface area (Å²) < 4.78 is 43.3. The van der Waals surface area contributed by atoms with Crippen LogP contribution in [0.25, 0.3) is 0 Å². The van der Waals surface area contributed by atoms with Crippen LogP contribution in [0.2, 0.25) is 0 Å². The molecule has 1 aromatic carbocycles. The van der Waals surface area contributed by atoms with Gasteiger partial charge in [0, 0.05) is 32.8 Å². The van der Waals surface area contributed by atoms with E-state index in [1.807, 2.05) is 13.8 Å². The maximum Gasteiger partial charge on any atom is 0.257 e. The SMILES string of the molecule is CCC(CC)N(CCOC)C(=O)c1cc(S(=O)(=O)N2CCOCC2)ccc1OC. The normalized spacial score (nSPS) is 15.5. The van der Waals surface area contributed by atoms with E-state index in [2.05, 4.69) is 0 Å². The highest BCUT2D eigenvalue weighted by Crippen LogP contribution is 2.27. The molecule has 9 heteroatoms. The van der Waals surface area contributed by atoms with E-state index in [0.29, 0.717) is 45.2 Å². The molecule has 1 amide bonds. The molecule has 2 rings (SSSR count). The summed E-state index contributed by atoms with van der Waals surface area (Å²) in [5, 5.41) is 0. The average Bonchev–Trinajstić information content (AvgIpc) is 2.76. The fourth-order valence-electron chi connectivity index (χ4n) is 3.47. The summed E-state index contributed by atoms with van der Waals surface area (Å²) in [6.07, 6.45) is 1.58. The Hall–Kier alpha value is -1.68. The van der Waals surface area contributed by atoms with E-state index in [4.69, 9.17) is 14.2 Å². The first-order valence-electron chi connectivity index (χ1n) is 9.96. The third-order valence-electron chi connectivity index (χ3n) is 5.19. The molecule has 0 bridgehead atoms. The first kappa shape index (κ1) is 23.6. The van der Waals surface area contributed by atoms with Gasteiger partial charge < -0.3 is 19.1 Å². The van der Waals surface area contributed by atoms with Gasteiger partial charge in [-0.2, -0.15) is 4.31 Å². The zero-order valence-corrected chi connectivity index (χ0v) is 18.5. The van der Waals surface area contributed by atoms with Crippen molar-refractivity contribution in [3.05, 3.63) is 23.8 Å². The van der Waals surface area contributed by atoms with Crippen molar-refractivity contribution in [2.24, 2.45) is 0 Å². The number of carbonyl (C=O) groups excluding carboxylic acids is 1. The van der Waals surface area contributed by atoms with Gasteiger partial charge in [0.1, 0.15) is 5.75 Å². The zero-order valence-electron chi connectivity index (χ0n) is 17.7. The van der Waals surface area contributed by atoms with Crippen LogP contribution in [0.4, 0.5) is 0 Å². The lowest BCUT2D eigenvalue weighted by Gasteiger charge is -2.31. The Labute approximate surface area is 173 Å². The number of ether oxygens (including phenoxy) is 3. The van der Waals surface area contributed by atoms with Crippen LogP contribution in [0.3, 0.4) is 0 Å². The fourth-order valence-corrected chi connectivity index (χ4v) is 4.91. The highest BCUT2D eigenvalue weighted by molar-refractivity contribution is 7.89. The molecule has 0 N–H and O–H groups in total. The van der Waals surface area contributed by atoms with E-state index < -0.39 is 10.0 Å². The number of benzene rings is 1. The van der Waals surface area contributed by atoms with E-state index in [0.717, 1.165) is 12.8 Å². The summed E-state index contributed by atoms with van der Waals surface area (Å²) in [6.45, 7) is 6.19. The predicted octanol–water partition coefficient (Wildman–Crippen LogP) is 1.99. The van der Waals surface area contributed by atoms with Gasteiger partial charge in [0.25, 0.3) is 5.91 Å². The van der Waals surface area contributed by atoms with Gasteiger partial charge in [-0.25, -0.2) is 8.42 Å². The Morgan fingerprint density at radius 1 is 1.21 bits per heavy atom. The number of methoxy groups -OCH3 is 2. The van der Waals surface area contributed by atoms with Crippen molar-refractivity contribution in [1.82, 2.24) is 9.21 Å². The van der Waals surface area contributed by atoms with Gasteiger partial charge in [-0.05, 0) is 31.0 Å². The van der Waals surface area contributed by atoms with Crippen LogP contribution in [0.5, 0.6) is 5.75 Å². The molecule has 1 saturated heterocycles. The molecule has 1 aliphatic heterocycles. The highest BCUT2D eigenvalue weighted by Gasteiger charge is 2.30. The van der Waals surface area contributed by atoms with Crippen molar-refractivity contribution < 1.29 is 27.4 Å². The second kappa shape index (κ2) is 10.9. The molecule has 29 heavy (non-hydrogen) atoms. The Balaban J connectivity index is 2.43. The quantitative estimate of drug-likeness (QED) is 0.567. The van der Waals surface area contributed by atoms with Crippen LogP contribution in [0.15, 0.2) is 23.1 Å². The van der Waals surface area contributed by atoms with Crippen molar-refractivity contribution in [2.75, 3.05) is 53.7 Å². The fraction of sp³-hybridized carbons (Fsp3) is 0.650. The topological polar surface area (TPSA) is 85.4 Å². The monoisotopic (exact) mass is 428 g/mol. The molecule has 1 aromatic rings. The van der Waals surface area contributed by atoms with Crippen LogP contribution in [0, 0.1) is 0 Å². The molecule has 0 aliphatic carbocycles. The molecular weight excluding hydrogens is 396 g/mol. The number of rotatable bonds is 10. The minimum absolute atomic E-state index is 0.0295. The lowest BCUT2D eigenvalue weighted by molar-refractivity contribution is 0.0586. The smallest absolute Gasteiger partial charge is 0.257 e. The lowest BCUT2D eigenvalue weighted by Crippen LogP contribution is -2.42. The average molecular weight is 429 g/mol. The van der Waals surface area contributed by atoms with Gasteiger partial charge in [-0.1, -0.05) is 13.8 Å². The van der Waals surface area contributed by atoms with Crippen LogP contribution in [-0.4, -0.2) is 83.2 Å². The van der Waals surface area contributed by atoms with E-state index in [1.54, 1.807) is 18.1 Å². The number of morpholine rings is 1. The molecule has 1 aliphatic rings. The maximum atomic E-state index is 13.4. The molecule has 1 fully saturated rings. The van der Waals surface area contributed by atoms with E-state index >= 15 is 0 Å². The summed E-state index contributed by atoms with van der Waals surface area (Å²) in [6, 6.07) is 4.48. The molecule has 0 unspecified atom stereocenters. The summed E-state index contributed by atoms with van der Waals surface area (Å²) in [5.41, 5.74) is 0.241. The van der Waals surface area contributed by atoms with E-state index in [1.165, 1.54) is 23.5 Å². The van der Waals surface area contributed by atoms with Gasteiger partial charge in [0.15, 0.2) is 0 Å². The van der Waals surface area contributed by atoms with Gasteiger partial charge >= 0.3 is 0 Å². The summed E-state index contributed by atoms with van der Waals surface area (Å²) in [4.78, 5) is 15.2. The molecule has 0 spiro atoms. The Bertz CT molecular complexity index is 773. The Morgan fingerprint density at radius 3 is 2.41 bits per heavy atom. The van der Waals surface area contributed by atoms with Gasteiger partial charge in [0.2, 0.25) is 10.0 Å². The van der Waals surface area contributed by atoms with Crippen LogP contribution in [0.1, 0.15) is 37.0 Å². The zero-order chi connectivity index (χ0) is 21.4. The molecular formula is C20H32N2O6S. The van der Waals surface area contributed by atoms with Crippen LogP contribution < -0.4 is 4.74 Å². The maximum absolute atomic E-state index is 13.4. The van der Waals surface area contributed by atoms with Gasteiger partial charge in [-0.3, -0.25) is 4.79 Å². The van der Waals surface area contributed by atoms with Gasteiger partial charge in [-0.15, -0.1) is 0 Å². The molecule has 0 atom stereocenters. The number of nitrogens with zero attached hydrogens (tertiary/aromatic N) is 2. The molecule has 0 saturated carbocycles. The van der Waals surface area contributed by atoms with Crippen molar-refractivity contribution >= 4 is 15.9 Å². The lowest BCUT2D eigenvalue weighted by atomic mass is 10.1. The first-order chi connectivity index (χ1) is 13.9. The van der Waals surface area contributed by atoms with Crippen LogP contribution in [-0.2, 0) is 19.5 Å². The minimum atomic E-state index is -3.71. The number of hydrogen-bond acceptors (Lipinski definition) is 6. The van der Waals surface area contributed by atoms with Crippen molar-refractivity contribution in [3.8, 4) is 5.75 Å². The number of carbonyl (C=O) groups is 1. The number of amides is 1. The first-order valence-corrected chi connectivity index (χ1v) is 11.4. The van der Waals surface area contributed by atoms with E-state index in [9.17, 15) is 13.2 Å². The predicted molar refractivity (Wildman–Crippen MR) is 110 cm³/mol. The highest BCUT2D eigenvalue weighted by atomic mass is 32.2. The number of hydrogen-bond donors (Lipinski definition) is 0. The molecule has 0 radical (unpaired) electrons. The molecule has 164 valence electrons. The van der Waals surface area contributed by atoms with Crippen LogP contribution >= 0.6 is 0 Å². The van der Waals surface area contributed by atoms with Gasteiger partial charge in [0.05, 0.1) is 37.4 Å².